The Bertz CT molecular complexity index is 710. The molecule has 1 unspecified atom stereocenters. The zero-order chi connectivity index (χ0) is 18.9. The summed E-state index contributed by atoms with van der Waals surface area (Å²) < 4.78 is 0. The Morgan fingerprint density at radius 2 is 1.73 bits per heavy atom. The molecule has 26 heavy (non-hydrogen) atoms. The Hall–Kier alpha value is -2.41. The molecule has 2 aliphatic heterocycles. The molecule has 4 amide bonds. The van der Waals surface area contributed by atoms with Gasteiger partial charge in [-0.3, -0.25) is 14.5 Å². The minimum Gasteiger partial charge on any atom is -0.339 e. The number of hydrogen-bond acceptors (Lipinski definition) is 4. The molecular weight excluding hydrogens is 332 g/mol. The van der Waals surface area contributed by atoms with Gasteiger partial charge in [0.1, 0.15) is 12.1 Å². The van der Waals surface area contributed by atoms with E-state index in [1.165, 1.54) is 0 Å². The quantitative estimate of drug-likeness (QED) is 0.813. The zero-order valence-electron chi connectivity index (χ0n) is 15.6. The van der Waals surface area contributed by atoms with Crippen molar-refractivity contribution in [2.45, 2.75) is 26.3 Å². The lowest BCUT2D eigenvalue weighted by Gasteiger charge is -2.34. The summed E-state index contributed by atoms with van der Waals surface area (Å²) in [7, 11) is 0. The maximum atomic E-state index is 12.9. The van der Waals surface area contributed by atoms with Gasteiger partial charge in [0.05, 0.1) is 0 Å². The van der Waals surface area contributed by atoms with Crippen LogP contribution in [0.5, 0.6) is 0 Å². The molecule has 2 saturated heterocycles. The average molecular weight is 358 g/mol. The number of rotatable bonds is 4. The predicted molar refractivity (Wildman–Crippen MR) is 97.5 cm³/mol. The Kier molecular flexibility index (Phi) is 5.00. The monoisotopic (exact) mass is 358 g/mol. The number of carbonyl (C=O) groups excluding carboxylic acids is 3. The number of aryl methyl sites for hydroxylation is 1. The number of urea groups is 1. The number of carbonyl (C=O) groups is 3. The normalized spacial score (nSPS) is 24.1. The fourth-order valence-electron chi connectivity index (χ4n) is 3.47. The van der Waals surface area contributed by atoms with Crippen molar-refractivity contribution in [1.29, 1.82) is 0 Å². The number of hydrogen-bond donors (Lipinski definition) is 1. The number of amides is 4. The van der Waals surface area contributed by atoms with Crippen LogP contribution in [0.3, 0.4) is 0 Å². The molecule has 1 aromatic rings. The molecule has 0 radical (unpaired) electrons. The molecule has 2 aliphatic rings. The van der Waals surface area contributed by atoms with E-state index in [-0.39, 0.29) is 18.4 Å². The van der Waals surface area contributed by atoms with Crippen LogP contribution in [-0.2, 0) is 15.1 Å². The smallest absolute Gasteiger partial charge is 0.325 e. The molecule has 1 atom stereocenters. The van der Waals surface area contributed by atoms with Crippen LogP contribution in [0.4, 0.5) is 4.79 Å². The second-order valence-corrected chi connectivity index (χ2v) is 7.13. The fourth-order valence-corrected chi connectivity index (χ4v) is 3.47. The summed E-state index contributed by atoms with van der Waals surface area (Å²) in [6.07, 6.45) is 0. The van der Waals surface area contributed by atoms with E-state index >= 15 is 0 Å². The van der Waals surface area contributed by atoms with E-state index in [0.717, 1.165) is 30.1 Å². The highest BCUT2D eigenvalue weighted by molar-refractivity contribution is 6.09. The summed E-state index contributed by atoms with van der Waals surface area (Å²) in [6.45, 7) is 9.40. The Labute approximate surface area is 153 Å². The first kappa shape index (κ1) is 18.4. The second kappa shape index (κ2) is 7.07. The average Bonchev–Trinajstić information content (AvgIpc) is 2.86. The lowest BCUT2D eigenvalue weighted by Crippen LogP contribution is -2.52. The third-order valence-corrected chi connectivity index (χ3v) is 5.37. The molecule has 140 valence electrons. The third-order valence-electron chi connectivity index (χ3n) is 5.37. The van der Waals surface area contributed by atoms with Crippen LogP contribution in [0.15, 0.2) is 24.3 Å². The standard InChI is InChI=1S/C19H26N4O3/c1-4-21-9-11-22(12-10-21)16(24)13-23-17(25)19(3,20-18(23)26)15-7-5-14(2)6-8-15/h5-8H,4,9-13H2,1-3H3,(H,20,26). The first-order valence-electron chi connectivity index (χ1n) is 9.06. The van der Waals surface area contributed by atoms with Crippen molar-refractivity contribution in [3.8, 4) is 0 Å². The van der Waals surface area contributed by atoms with Gasteiger partial charge in [-0.1, -0.05) is 36.8 Å². The zero-order valence-corrected chi connectivity index (χ0v) is 15.6. The van der Waals surface area contributed by atoms with E-state index in [0.29, 0.717) is 18.7 Å². The SMILES string of the molecule is CCN1CCN(C(=O)CN2C(=O)NC(C)(c3ccc(C)cc3)C2=O)CC1. The highest BCUT2D eigenvalue weighted by Gasteiger charge is 2.49. The van der Waals surface area contributed by atoms with Gasteiger partial charge in [-0.05, 0) is 26.0 Å². The Balaban J connectivity index is 1.69. The molecule has 2 fully saturated rings. The van der Waals surface area contributed by atoms with Crippen LogP contribution < -0.4 is 5.32 Å². The van der Waals surface area contributed by atoms with E-state index in [1.54, 1.807) is 11.8 Å². The summed E-state index contributed by atoms with van der Waals surface area (Å²) in [4.78, 5) is 42.9. The number of nitrogens with zero attached hydrogens (tertiary/aromatic N) is 3. The molecule has 0 aliphatic carbocycles. The van der Waals surface area contributed by atoms with Crippen LogP contribution in [0.1, 0.15) is 25.0 Å². The molecule has 7 nitrogen and oxygen atoms in total. The van der Waals surface area contributed by atoms with Gasteiger partial charge in [0.25, 0.3) is 5.91 Å². The number of benzene rings is 1. The van der Waals surface area contributed by atoms with Crippen LogP contribution in [-0.4, -0.2) is 71.8 Å². The predicted octanol–water partition coefficient (Wildman–Crippen LogP) is 0.926. The van der Waals surface area contributed by atoms with E-state index in [4.69, 9.17) is 0 Å². The van der Waals surface area contributed by atoms with E-state index in [2.05, 4.69) is 17.1 Å². The maximum absolute atomic E-state index is 12.9. The van der Waals surface area contributed by atoms with Crippen LogP contribution in [0.25, 0.3) is 0 Å². The summed E-state index contributed by atoms with van der Waals surface area (Å²) in [6, 6.07) is 6.96. The number of nitrogens with one attached hydrogen (secondary N) is 1. The van der Waals surface area contributed by atoms with Gasteiger partial charge in [-0.15, -0.1) is 0 Å². The fraction of sp³-hybridized carbons (Fsp3) is 0.526. The third kappa shape index (κ3) is 3.31. The molecule has 0 spiro atoms. The van der Waals surface area contributed by atoms with Crippen molar-refractivity contribution < 1.29 is 14.4 Å². The molecule has 2 heterocycles. The number of likely N-dealkylation sites (N-methyl/N-ethyl adjacent to an activating group) is 1. The van der Waals surface area contributed by atoms with Crippen molar-refractivity contribution in [3.63, 3.8) is 0 Å². The molecule has 7 heteroatoms. The molecule has 1 aromatic carbocycles. The molecular formula is C19H26N4O3. The first-order valence-corrected chi connectivity index (χ1v) is 9.06. The highest BCUT2D eigenvalue weighted by atomic mass is 16.2. The van der Waals surface area contributed by atoms with E-state index < -0.39 is 11.6 Å². The number of piperazine rings is 1. The van der Waals surface area contributed by atoms with Gasteiger partial charge in [-0.25, -0.2) is 4.79 Å². The second-order valence-electron chi connectivity index (χ2n) is 7.13. The largest absolute Gasteiger partial charge is 0.339 e. The minimum absolute atomic E-state index is 0.183. The summed E-state index contributed by atoms with van der Waals surface area (Å²) in [5.41, 5.74) is 0.659. The van der Waals surface area contributed by atoms with Gasteiger partial charge >= 0.3 is 6.03 Å². The van der Waals surface area contributed by atoms with Gasteiger partial charge in [0.15, 0.2) is 0 Å². The minimum atomic E-state index is -1.13. The van der Waals surface area contributed by atoms with Gasteiger partial charge in [0, 0.05) is 26.2 Å². The summed E-state index contributed by atoms with van der Waals surface area (Å²) >= 11 is 0. The van der Waals surface area contributed by atoms with E-state index in [1.807, 2.05) is 31.2 Å². The van der Waals surface area contributed by atoms with Crippen molar-refractivity contribution in [3.05, 3.63) is 35.4 Å². The van der Waals surface area contributed by atoms with Crippen LogP contribution in [0.2, 0.25) is 0 Å². The highest BCUT2D eigenvalue weighted by Crippen LogP contribution is 2.29. The molecule has 0 bridgehead atoms. The Morgan fingerprint density at radius 1 is 1.12 bits per heavy atom. The topological polar surface area (TPSA) is 73.0 Å². The van der Waals surface area contributed by atoms with Gasteiger partial charge in [0.2, 0.25) is 5.91 Å². The van der Waals surface area contributed by atoms with Gasteiger partial charge < -0.3 is 15.1 Å². The first-order chi connectivity index (χ1) is 12.3. The summed E-state index contributed by atoms with van der Waals surface area (Å²) in [5, 5.41) is 2.75. The molecule has 1 N–H and O–H groups in total. The van der Waals surface area contributed by atoms with E-state index in [9.17, 15) is 14.4 Å². The lowest BCUT2D eigenvalue weighted by molar-refractivity contribution is -0.139. The van der Waals surface area contributed by atoms with Crippen molar-refractivity contribution in [2.24, 2.45) is 0 Å². The molecule has 0 aromatic heterocycles. The van der Waals surface area contributed by atoms with Gasteiger partial charge in [-0.2, -0.15) is 0 Å². The molecule has 3 rings (SSSR count). The van der Waals surface area contributed by atoms with Crippen molar-refractivity contribution in [1.82, 2.24) is 20.0 Å². The maximum Gasteiger partial charge on any atom is 0.325 e. The summed E-state index contributed by atoms with van der Waals surface area (Å²) in [5.74, 6) is -0.565. The Morgan fingerprint density at radius 3 is 2.31 bits per heavy atom. The van der Waals surface area contributed by atoms with Crippen molar-refractivity contribution in [2.75, 3.05) is 39.3 Å². The van der Waals surface area contributed by atoms with Crippen LogP contribution >= 0.6 is 0 Å². The van der Waals surface area contributed by atoms with Crippen LogP contribution in [0, 0.1) is 6.92 Å². The number of imide groups is 1. The molecule has 0 saturated carbocycles. The lowest BCUT2D eigenvalue weighted by atomic mass is 9.91. The van der Waals surface area contributed by atoms with Crippen molar-refractivity contribution >= 4 is 17.8 Å².